The SMILES string of the molecule is C=Cc1c(OC2CCOC2)ccc2ccccc12. The Kier molecular flexibility index (Phi) is 3.03. The molecule has 0 saturated carbocycles. The Bertz CT molecular complexity index is 568. The number of fused-ring (bicyclic) bond motifs is 1. The third-order valence-electron chi connectivity index (χ3n) is 3.32. The summed E-state index contributed by atoms with van der Waals surface area (Å²) in [6.07, 6.45) is 3.00. The van der Waals surface area contributed by atoms with Gasteiger partial charge in [0.1, 0.15) is 11.9 Å². The Morgan fingerprint density at radius 3 is 2.89 bits per heavy atom. The van der Waals surface area contributed by atoms with Gasteiger partial charge in [-0.1, -0.05) is 43.0 Å². The molecule has 1 fully saturated rings. The third-order valence-corrected chi connectivity index (χ3v) is 3.32. The zero-order chi connectivity index (χ0) is 12.4. The predicted molar refractivity (Wildman–Crippen MR) is 73.9 cm³/mol. The molecule has 2 aromatic carbocycles. The highest BCUT2D eigenvalue weighted by Crippen LogP contribution is 2.30. The van der Waals surface area contributed by atoms with E-state index in [0.29, 0.717) is 6.61 Å². The Morgan fingerprint density at radius 1 is 1.22 bits per heavy atom. The first-order valence-corrected chi connectivity index (χ1v) is 6.27. The van der Waals surface area contributed by atoms with Crippen LogP contribution in [0.2, 0.25) is 0 Å². The Balaban J connectivity index is 2.02. The van der Waals surface area contributed by atoms with Gasteiger partial charge in [0.2, 0.25) is 0 Å². The van der Waals surface area contributed by atoms with Crippen molar-refractivity contribution in [3.8, 4) is 5.75 Å². The molecule has 0 bridgehead atoms. The van der Waals surface area contributed by atoms with Crippen molar-refractivity contribution in [1.29, 1.82) is 0 Å². The highest BCUT2D eigenvalue weighted by molar-refractivity contribution is 5.92. The van der Waals surface area contributed by atoms with Crippen LogP contribution in [-0.2, 0) is 4.74 Å². The van der Waals surface area contributed by atoms with Crippen molar-refractivity contribution < 1.29 is 9.47 Å². The second kappa shape index (κ2) is 4.83. The number of rotatable bonds is 3. The molecule has 0 radical (unpaired) electrons. The van der Waals surface area contributed by atoms with Gasteiger partial charge >= 0.3 is 0 Å². The zero-order valence-corrected chi connectivity index (χ0v) is 10.3. The summed E-state index contributed by atoms with van der Waals surface area (Å²) < 4.78 is 11.3. The van der Waals surface area contributed by atoms with E-state index in [0.717, 1.165) is 24.3 Å². The fourth-order valence-electron chi connectivity index (χ4n) is 2.37. The molecule has 1 aliphatic rings. The average molecular weight is 240 g/mol. The van der Waals surface area contributed by atoms with Gasteiger partial charge in [0.05, 0.1) is 13.2 Å². The molecule has 1 atom stereocenters. The second-order valence-electron chi connectivity index (χ2n) is 4.51. The highest BCUT2D eigenvalue weighted by atomic mass is 16.5. The molecule has 1 saturated heterocycles. The van der Waals surface area contributed by atoms with Gasteiger partial charge in [-0.3, -0.25) is 0 Å². The summed E-state index contributed by atoms with van der Waals surface area (Å²) in [4.78, 5) is 0. The largest absolute Gasteiger partial charge is 0.487 e. The van der Waals surface area contributed by atoms with Crippen molar-refractivity contribution in [2.75, 3.05) is 13.2 Å². The topological polar surface area (TPSA) is 18.5 Å². The molecule has 2 heteroatoms. The van der Waals surface area contributed by atoms with E-state index in [1.165, 1.54) is 10.8 Å². The van der Waals surface area contributed by atoms with Crippen LogP contribution in [0.5, 0.6) is 5.75 Å². The van der Waals surface area contributed by atoms with Gasteiger partial charge in [-0.2, -0.15) is 0 Å². The van der Waals surface area contributed by atoms with E-state index in [1.54, 1.807) is 0 Å². The molecule has 1 aliphatic heterocycles. The van der Waals surface area contributed by atoms with Gasteiger partial charge in [0.15, 0.2) is 0 Å². The summed E-state index contributed by atoms with van der Waals surface area (Å²) in [6, 6.07) is 12.4. The van der Waals surface area contributed by atoms with E-state index in [2.05, 4.69) is 24.8 Å². The predicted octanol–water partition coefficient (Wildman–Crippen LogP) is 3.65. The quantitative estimate of drug-likeness (QED) is 0.815. The van der Waals surface area contributed by atoms with Crippen LogP contribution < -0.4 is 4.74 Å². The monoisotopic (exact) mass is 240 g/mol. The van der Waals surface area contributed by atoms with Crippen LogP contribution in [0, 0.1) is 0 Å². The molecular formula is C16H16O2. The number of ether oxygens (including phenoxy) is 2. The van der Waals surface area contributed by atoms with Crippen LogP contribution in [0.25, 0.3) is 16.8 Å². The Hall–Kier alpha value is -1.80. The van der Waals surface area contributed by atoms with Crippen LogP contribution in [0.3, 0.4) is 0 Å². The molecule has 2 aromatic rings. The third kappa shape index (κ3) is 2.00. The lowest BCUT2D eigenvalue weighted by atomic mass is 10.0. The molecule has 92 valence electrons. The average Bonchev–Trinajstić information content (AvgIpc) is 2.91. The van der Waals surface area contributed by atoms with E-state index in [-0.39, 0.29) is 6.10 Å². The molecular weight excluding hydrogens is 224 g/mol. The fraction of sp³-hybridized carbons (Fsp3) is 0.250. The molecule has 0 aliphatic carbocycles. The van der Waals surface area contributed by atoms with Gasteiger partial charge in [-0.05, 0) is 16.8 Å². The number of benzene rings is 2. The van der Waals surface area contributed by atoms with E-state index >= 15 is 0 Å². The van der Waals surface area contributed by atoms with Crippen molar-refractivity contribution in [2.45, 2.75) is 12.5 Å². The first-order chi connectivity index (χ1) is 8.88. The molecule has 2 nitrogen and oxygen atoms in total. The molecule has 1 heterocycles. The standard InChI is InChI=1S/C16H16O2/c1-2-14-15-6-4-3-5-12(15)7-8-16(14)18-13-9-10-17-11-13/h2-8,13H,1,9-11H2. The minimum Gasteiger partial charge on any atom is -0.487 e. The molecule has 0 N–H and O–H groups in total. The molecule has 1 unspecified atom stereocenters. The van der Waals surface area contributed by atoms with Gasteiger partial charge in [-0.25, -0.2) is 0 Å². The van der Waals surface area contributed by atoms with Crippen LogP contribution in [0.4, 0.5) is 0 Å². The lowest BCUT2D eigenvalue weighted by Crippen LogP contribution is -2.16. The first kappa shape index (κ1) is 11.3. The van der Waals surface area contributed by atoms with Crippen molar-refractivity contribution >= 4 is 16.8 Å². The van der Waals surface area contributed by atoms with Crippen LogP contribution in [0.1, 0.15) is 12.0 Å². The van der Waals surface area contributed by atoms with Crippen LogP contribution in [0.15, 0.2) is 43.0 Å². The minimum absolute atomic E-state index is 0.171. The summed E-state index contributed by atoms with van der Waals surface area (Å²) >= 11 is 0. The number of hydrogen-bond acceptors (Lipinski definition) is 2. The maximum absolute atomic E-state index is 6.01. The first-order valence-electron chi connectivity index (χ1n) is 6.27. The van der Waals surface area contributed by atoms with Gasteiger partial charge in [-0.15, -0.1) is 0 Å². The minimum atomic E-state index is 0.171. The highest BCUT2D eigenvalue weighted by Gasteiger charge is 2.18. The maximum Gasteiger partial charge on any atom is 0.127 e. The van der Waals surface area contributed by atoms with Crippen molar-refractivity contribution in [2.24, 2.45) is 0 Å². The van der Waals surface area contributed by atoms with Crippen LogP contribution in [-0.4, -0.2) is 19.3 Å². The van der Waals surface area contributed by atoms with Crippen molar-refractivity contribution in [3.05, 3.63) is 48.5 Å². The van der Waals surface area contributed by atoms with Crippen LogP contribution >= 0.6 is 0 Å². The lowest BCUT2D eigenvalue weighted by Gasteiger charge is -2.15. The smallest absolute Gasteiger partial charge is 0.127 e. The van der Waals surface area contributed by atoms with E-state index in [9.17, 15) is 0 Å². The summed E-state index contributed by atoms with van der Waals surface area (Å²) in [6.45, 7) is 5.38. The van der Waals surface area contributed by atoms with E-state index in [1.807, 2.05) is 24.3 Å². The summed E-state index contributed by atoms with van der Waals surface area (Å²) in [7, 11) is 0. The van der Waals surface area contributed by atoms with Gasteiger partial charge in [0.25, 0.3) is 0 Å². The van der Waals surface area contributed by atoms with Gasteiger partial charge < -0.3 is 9.47 Å². The number of hydrogen-bond donors (Lipinski definition) is 0. The van der Waals surface area contributed by atoms with E-state index < -0.39 is 0 Å². The second-order valence-corrected chi connectivity index (χ2v) is 4.51. The van der Waals surface area contributed by atoms with Gasteiger partial charge in [0, 0.05) is 12.0 Å². The molecule has 0 aromatic heterocycles. The normalized spacial score (nSPS) is 19.0. The maximum atomic E-state index is 6.01. The Morgan fingerprint density at radius 2 is 2.11 bits per heavy atom. The van der Waals surface area contributed by atoms with Crippen molar-refractivity contribution in [1.82, 2.24) is 0 Å². The zero-order valence-electron chi connectivity index (χ0n) is 10.3. The lowest BCUT2D eigenvalue weighted by molar-refractivity contribution is 0.141. The summed E-state index contributed by atoms with van der Waals surface area (Å²) in [5.74, 6) is 0.902. The molecule has 0 amide bonds. The molecule has 18 heavy (non-hydrogen) atoms. The Labute approximate surface area is 107 Å². The summed E-state index contributed by atoms with van der Waals surface area (Å²) in [5, 5.41) is 2.39. The summed E-state index contributed by atoms with van der Waals surface area (Å²) in [5.41, 5.74) is 1.07. The van der Waals surface area contributed by atoms with Crippen molar-refractivity contribution in [3.63, 3.8) is 0 Å². The molecule has 3 rings (SSSR count). The fourth-order valence-corrected chi connectivity index (χ4v) is 2.37. The van der Waals surface area contributed by atoms with E-state index in [4.69, 9.17) is 9.47 Å². The molecule has 0 spiro atoms.